The number of carbonyl (C=O) groups is 1. The molecule has 1 aliphatic heterocycles. The summed E-state index contributed by atoms with van der Waals surface area (Å²) in [4.78, 5) is 18.9. The van der Waals surface area contributed by atoms with E-state index in [2.05, 4.69) is 16.9 Å². The van der Waals surface area contributed by atoms with E-state index in [1.165, 1.54) is 0 Å². The number of carbonyl (C=O) groups excluding carboxylic acids is 1. The van der Waals surface area contributed by atoms with Crippen molar-refractivity contribution in [1.29, 1.82) is 0 Å². The quantitative estimate of drug-likeness (QED) is 0.781. The van der Waals surface area contributed by atoms with Gasteiger partial charge in [-0.25, -0.2) is 0 Å². The van der Waals surface area contributed by atoms with E-state index in [0.717, 1.165) is 37.3 Å². The van der Waals surface area contributed by atoms with Crippen molar-refractivity contribution in [1.82, 2.24) is 9.88 Å². The van der Waals surface area contributed by atoms with E-state index >= 15 is 0 Å². The minimum absolute atomic E-state index is 0.253. The van der Waals surface area contributed by atoms with Crippen molar-refractivity contribution in [3.8, 4) is 0 Å². The van der Waals surface area contributed by atoms with Gasteiger partial charge in [0.05, 0.1) is 11.1 Å². The number of piperidine rings is 1. The molecule has 2 heterocycles. The highest BCUT2D eigenvalue weighted by atomic mass is 16.1. The molecule has 2 rings (SSSR count). The molecule has 0 radical (unpaired) electrons. The highest BCUT2D eigenvalue weighted by molar-refractivity contribution is 5.87. The van der Waals surface area contributed by atoms with Crippen molar-refractivity contribution in [3.63, 3.8) is 0 Å². The first-order chi connectivity index (χ1) is 8.04. The molecule has 1 aromatic heterocycles. The van der Waals surface area contributed by atoms with Gasteiger partial charge < -0.3 is 4.90 Å². The van der Waals surface area contributed by atoms with Crippen LogP contribution in [0.25, 0.3) is 0 Å². The summed E-state index contributed by atoms with van der Waals surface area (Å²) >= 11 is 0. The Morgan fingerprint density at radius 2 is 2.00 bits per heavy atom. The second kappa shape index (κ2) is 4.57. The van der Waals surface area contributed by atoms with Gasteiger partial charge in [-0.15, -0.1) is 0 Å². The lowest BCUT2D eigenvalue weighted by Gasteiger charge is -2.38. The summed E-state index contributed by atoms with van der Waals surface area (Å²) in [5.74, 6) is 0.253. The van der Waals surface area contributed by atoms with Crippen molar-refractivity contribution >= 4 is 5.78 Å². The average molecular weight is 232 g/mol. The summed E-state index contributed by atoms with van der Waals surface area (Å²) in [5, 5.41) is 0. The van der Waals surface area contributed by atoms with Crippen molar-refractivity contribution in [2.45, 2.75) is 32.1 Å². The van der Waals surface area contributed by atoms with Crippen LogP contribution in [0.2, 0.25) is 0 Å². The van der Waals surface area contributed by atoms with E-state index in [-0.39, 0.29) is 11.2 Å². The van der Waals surface area contributed by atoms with Crippen LogP contribution in [0.4, 0.5) is 0 Å². The van der Waals surface area contributed by atoms with Crippen LogP contribution < -0.4 is 0 Å². The van der Waals surface area contributed by atoms with Crippen molar-refractivity contribution in [2.24, 2.45) is 0 Å². The van der Waals surface area contributed by atoms with Crippen molar-refractivity contribution in [3.05, 3.63) is 29.6 Å². The molecule has 0 unspecified atom stereocenters. The molecular formula is C14H20N2O. The first-order valence-corrected chi connectivity index (χ1v) is 6.18. The molecule has 0 bridgehead atoms. The molecule has 17 heavy (non-hydrogen) atoms. The molecule has 92 valence electrons. The fraction of sp³-hybridized carbons (Fsp3) is 0.571. The molecule has 0 N–H and O–H groups in total. The zero-order valence-electron chi connectivity index (χ0n) is 10.9. The third kappa shape index (κ3) is 2.25. The first kappa shape index (κ1) is 12.2. The van der Waals surface area contributed by atoms with E-state index in [1.54, 1.807) is 6.92 Å². The van der Waals surface area contributed by atoms with Gasteiger partial charge in [0, 0.05) is 5.69 Å². The number of aryl methyl sites for hydroxylation is 1. The summed E-state index contributed by atoms with van der Waals surface area (Å²) in [7, 11) is 2.10. The van der Waals surface area contributed by atoms with Gasteiger partial charge in [-0.1, -0.05) is 6.07 Å². The second-order valence-corrected chi connectivity index (χ2v) is 5.11. The van der Waals surface area contributed by atoms with Gasteiger partial charge in [0.25, 0.3) is 0 Å². The van der Waals surface area contributed by atoms with Gasteiger partial charge in [-0.3, -0.25) is 9.78 Å². The summed E-state index contributed by atoms with van der Waals surface area (Å²) < 4.78 is 0. The Hall–Kier alpha value is -1.22. The fourth-order valence-electron chi connectivity index (χ4n) is 2.60. The topological polar surface area (TPSA) is 33.2 Å². The molecule has 0 amide bonds. The Bertz CT molecular complexity index is 420. The monoisotopic (exact) mass is 232 g/mol. The van der Waals surface area contributed by atoms with E-state index in [1.807, 2.05) is 25.1 Å². The molecule has 0 atom stereocenters. The molecular weight excluding hydrogens is 212 g/mol. The Balaban J connectivity index is 2.38. The molecule has 3 heteroatoms. The minimum atomic E-state index is -0.349. The van der Waals surface area contributed by atoms with Gasteiger partial charge in [0.1, 0.15) is 5.78 Å². The van der Waals surface area contributed by atoms with E-state index in [9.17, 15) is 4.79 Å². The SMILES string of the molecule is CC(=O)C1(c2cccc(C)n2)CCN(C)CC1. The molecule has 0 saturated carbocycles. The lowest BCUT2D eigenvalue weighted by Crippen LogP contribution is -2.45. The van der Waals surface area contributed by atoms with E-state index in [4.69, 9.17) is 0 Å². The maximum absolute atomic E-state index is 12.1. The number of rotatable bonds is 2. The predicted molar refractivity (Wildman–Crippen MR) is 68.1 cm³/mol. The van der Waals surface area contributed by atoms with Crippen LogP contribution >= 0.6 is 0 Å². The van der Waals surface area contributed by atoms with Crippen LogP contribution in [0.5, 0.6) is 0 Å². The highest BCUT2D eigenvalue weighted by Crippen LogP contribution is 2.35. The molecule has 1 saturated heterocycles. The van der Waals surface area contributed by atoms with Crippen LogP contribution in [0.1, 0.15) is 31.2 Å². The second-order valence-electron chi connectivity index (χ2n) is 5.11. The minimum Gasteiger partial charge on any atom is -0.306 e. The number of hydrogen-bond donors (Lipinski definition) is 0. The summed E-state index contributed by atoms with van der Waals surface area (Å²) in [6, 6.07) is 5.98. The van der Waals surface area contributed by atoms with Gasteiger partial charge >= 0.3 is 0 Å². The molecule has 0 spiro atoms. The van der Waals surface area contributed by atoms with Crippen molar-refractivity contribution in [2.75, 3.05) is 20.1 Å². The number of nitrogens with zero attached hydrogens (tertiary/aromatic N) is 2. The Morgan fingerprint density at radius 1 is 1.35 bits per heavy atom. The van der Waals surface area contributed by atoms with E-state index < -0.39 is 0 Å². The number of likely N-dealkylation sites (tertiary alicyclic amines) is 1. The molecule has 1 fully saturated rings. The average Bonchev–Trinajstić information content (AvgIpc) is 2.30. The van der Waals surface area contributed by atoms with Gasteiger partial charge in [0.2, 0.25) is 0 Å². The standard InChI is InChI=1S/C14H20N2O/c1-11-5-4-6-13(15-11)14(12(2)17)7-9-16(3)10-8-14/h4-6H,7-10H2,1-3H3. The first-order valence-electron chi connectivity index (χ1n) is 6.18. The predicted octanol–water partition coefficient (Wildman–Crippen LogP) is 1.94. The maximum atomic E-state index is 12.1. The highest BCUT2D eigenvalue weighted by Gasteiger charge is 2.40. The van der Waals surface area contributed by atoms with Crippen LogP contribution in [-0.2, 0) is 10.2 Å². The lowest BCUT2D eigenvalue weighted by molar-refractivity contribution is -0.124. The molecule has 0 aliphatic carbocycles. The van der Waals surface area contributed by atoms with Gasteiger partial charge in [-0.2, -0.15) is 0 Å². The Morgan fingerprint density at radius 3 is 2.53 bits per heavy atom. The zero-order chi connectivity index (χ0) is 12.5. The van der Waals surface area contributed by atoms with Crippen LogP contribution in [0.3, 0.4) is 0 Å². The largest absolute Gasteiger partial charge is 0.306 e. The van der Waals surface area contributed by atoms with E-state index in [0.29, 0.717) is 0 Å². The number of aromatic nitrogens is 1. The summed E-state index contributed by atoms with van der Waals surface area (Å²) in [6.45, 7) is 5.62. The molecule has 0 aromatic carbocycles. The fourth-order valence-corrected chi connectivity index (χ4v) is 2.60. The third-order valence-corrected chi connectivity index (χ3v) is 3.89. The molecule has 1 aromatic rings. The van der Waals surface area contributed by atoms with Crippen molar-refractivity contribution < 1.29 is 4.79 Å². The maximum Gasteiger partial charge on any atom is 0.142 e. The lowest BCUT2D eigenvalue weighted by atomic mass is 9.72. The molecule has 3 nitrogen and oxygen atoms in total. The molecule has 1 aliphatic rings. The smallest absolute Gasteiger partial charge is 0.142 e. The third-order valence-electron chi connectivity index (χ3n) is 3.89. The van der Waals surface area contributed by atoms with Gasteiger partial charge in [-0.05, 0) is 59.0 Å². The van der Waals surface area contributed by atoms with Crippen LogP contribution in [-0.4, -0.2) is 35.8 Å². The summed E-state index contributed by atoms with van der Waals surface area (Å²) in [5.41, 5.74) is 1.60. The number of hydrogen-bond acceptors (Lipinski definition) is 3. The number of pyridine rings is 1. The number of Topliss-reactive ketones (excluding diaryl/α,β-unsaturated/α-hetero) is 1. The normalized spacial score (nSPS) is 20.2. The van der Waals surface area contributed by atoms with Crippen LogP contribution in [0, 0.1) is 6.92 Å². The number of ketones is 1. The van der Waals surface area contributed by atoms with Crippen LogP contribution in [0.15, 0.2) is 18.2 Å². The Kier molecular flexibility index (Phi) is 3.29. The summed E-state index contributed by atoms with van der Waals surface area (Å²) in [6.07, 6.45) is 1.77. The Labute approximate surface area is 103 Å². The zero-order valence-corrected chi connectivity index (χ0v) is 10.9. The van der Waals surface area contributed by atoms with Gasteiger partial charge in [0.15, 0.2) is 0 Å².